The molecule has 1 aromatic rings. The van der Waals surface area contributed by atoms with Crippen molar-refractivity contribution < 1.29 is 14.3 Å². The van der Waals surface area contributed by atoms with Gasteiger partial charge in [0, 0.05) is 12.1 Å². The van der Waals surface area contributed by atoms with Crippen LogP contribution in [-0.4, -0.2) is 31.5 Å². The third-order valence-corrected chi connectivity index (χ3v) is 3.16. The van der Waals surface area contributed by atoms with Crippen molar-refractivity contribution in [1.29, 1.82) is 0 Å². The van der Waals surface area contributed by atoms with Gasteiger partial charge >= 0.3 is 0 Å². The van der Waals surface area contributed by atoms with E-state index in [0.29, 0.717) is 23.8 Å². The summed E-state index contributed by atoms with van der Waals surface area (Å²) in [6, 6.07) is 6.85. The number of hydrogen-bond donors (Lipinski definition) is 3. The molecule has 6 nitrogen and oxygen atoms in total. The normalized spacial score (nSPS) is 17.7. The second kappa shape index (κ2) is 6.91. The molecule has 1 saturated heterocycles. The van der Waals surface area contributed by atoms with E-state index >= 15 is 0 Å². The molecule has 1 aliphatic heterocycles. The number of carbonyl (C=O) groups is 2. The van der Waals surface area contributed by atoms with Crippen LogP contribution >= 0.6 is 0 Å². The predicted octanol–water partition coefficient (Wildman–Crippen LogP) is 0.489. The molecular formula is C14H19N3O3. The molecule has 1 aromatic carbocycles. The molecule has 1 unspecified atom stereocenters. The molecule has 2 amide bonds. The van der Waals surface area contributed by atoms with Crippen LogP contribution in [-0.2, 0) is 9.59 Å². The summed E-state index contributed by atoms with van der Waals surface area (Å²) in [6.07, 6.45) is 1.58. The second-order valence-corrected chi connectivity index (χ2v) is 4.89. The number of carbonyl (C=O) groups excluding carboxylic acids is 2. The molecule has 0 bridgehead atoms. The Morgan fingerprint density at radius 1 is 1.35 bits per heavy atom. The Bertz CT molecular complexity index is 467. The maximum absolute atomic E-state index is 11.8. The molecule has 1 atom stereocenters. The molecule has 6 heteroatoms. The van der Waals surface area contributed by atoms with Crippen LogP contribution in [0.4, 0.5) is 5.69 Å². The zero-order valence-corrected chi connectivity index (χ0v) is 11.2. The van der Waals surface area contributed by atoms with E-state index in [9.17, 15) is 9.59 Å². The number of benzene rings is 1. The number of amides is 2. The van der Waals surface area contributed by atoms with Gasteiger partial charge in [-0.15, -0.1) is 0 Å². The molecular weight excluding hydrogens is 258 g/mol. The fraction of sp³-hybridized carbons (Fsp3) is 0.429. The van der Waals surface area contributed by atoms with E-state index in [-0.39, 0.29) is 12.5 Å². The lowest BCUT2D eigenvalue weighted by atomic mass is 10.0. The van der Waals surface area contributed by atoms with Gasteiger partial charge in [0.05, 0.1) is 0 Å². The van der Waals surface area contributed by atoms with E-state index < -0.39 is 5.91 Å². The van der Waals surface area contributed by atoms with E-state index in [4.69, 9.17) is 10.5 Å². The van der Waals surface area contributed by atoms with Crippen molar-refractivity contribution in [3.8, 4) is 5.75 Å². The molecule has 0 aliphatic carbocycles. The first-order valence-corrected chi connectivity index (χ1v) is 6.65. The van der Waals surface area contributed by atoms with Crippen LogP contribution in [0.3, 0.4) is 0 Å². The number of anilines is 1. The fourth-order valence-corrected chi connectivity index (χ4v) is 2.15. The Labute approximate surface area is 117 Å². The zero-order valence-electron chi connectivity index (χ0n) is 11.2. The van der Waals surface area contributed by atoms with E-state index in [2.05, 4.69) is 10.6 Å². The van der Waals surface area contributed by atoms with Crippen molar-refractivity contribution in [2.75, 3.05) is 25.0 Å². The van der Waals surface area contributed by atoms with Crippen molar-refractivity contribution in [3.05, 3.63) is 24.3 Å². The summed E-state index contributed by atoms with van der Waals surface area (Å²) in [5, 5.41) is 6.08. The lowest BCUT2D eigenvalue weighted by Crippen LogP contribution is -2.20. The minimum Gasteiger partial charge on any atom is -0.484 e. The average Bonchev–Trinajstić information content (AvgIpc) is 2.90. The van der Waals surface area contributed by atoms with Crippen LogP contribution in [0.1, 0.15) is 12.8 Å². The third kappa shape index (κ3) is 4.55. The summed E-state index contributed by atoms with van der Waals surface area (Å²) < 4.78 is 5.14. The molecule has 0 aromatic heterocycles. The van der Waals surface area contributed by atoms with Crippen LogP contribution in [0.25, 0.3) is 0 Å². The number of rotatable bonds is 6. The molecule has 1 aliphatic rings. The van der Waals surface area contributed by atoms with E-state index in [0.717, 1.165) is 19.5 Å². The Morgan fingerprint density at radius 3 is 2.70 bits per heavy atom. The summed E-state index contributed by atoms with van der Waals surface area (Å²) in [4.78, 5) is 22.4. The Morgan fingerprint density at radius 2 is 2.10 bits per heavy atom. The quantitative estimate of drug-likeness (QED) is 0.705. The van der Waals surface area contributed by atoms with Gasteiger partial charge in [0.2, 0.25) is 5.91 Å². The maximum atomic E-state index is 11.8. The molecule has 4 N–H and O–H groups in total. The largest absolute Gasteiger partial charge is 0.484 e. The number of hydrogen-bond acceptors (Lipinski definition) is 4. The van der Waals surface area contributed by atoms with Crippen LogP contribution < -0.4 is 21.1 Å². The van der Waals surface area contributed by atoms with Crippen molar-refractivity contribution in [1.82, 2.24) is 5.32 Å². The smallest absolute Gasteiger partial charge is 0.255 e. The first kappa shape index (κ1) is 14.3. The Balaban J connectivity index is 1.80. The van der Waals surface area contributed by atoms with Gasteiger partial charge in [-0.2, -0.15) is 0 Å². The summed E-state index contributed by atoms with van der Waals surface area (Å²) in [6.45, 7) is 1.75. The first-order valence-electron chi connectivity index (χ1n) is 6.65. The van der Waals surface area contributed by atoms with Gasteiger partial charge in [0.1, 0.15) is 5.75 Å². The molecule has 2 rings (SSSR count). The van der Waals surface area contributed by atoms with Crippen molar-refractivity contribution in [3.63, 3.8) is 0 Å². The van der Waals surface area contributed by atoms with Crippen molar-refractivity contribution in [2.24, 2.45) is 11.7 Å². The zero-order chi connectivity index (χ0) is 14.4. The Kier molecular flexibility index (Phi) is 4.95. The number of ether oxygens (including phenoxy) is 1. The summed E-state index contributed by atoms with van der Waals surface area (Å²) in [5.74, 6) is 0.465. The molecule has 1 heterocycles. The minimum atomic E-state index is -0.521. The average molecular weight is 277 g/mol. The fourth-order valence-electron chi connectivity index (χ4n) is 2.15. The highest BCUT2D eigenvalue weighted by molar-refractivity contribution is 5.90. The summed E-state index contributed by atoms with van der Waals surface area (Å²) >= 11 is 0. The summed E-state index contributed by atoms with van der Waals surface area (Å²) in [5.41, 5.74) is 5.70. The van der Waals surface area contributed by atoms with Gasteiger partial charge in [-0.1, -0.05) is 0 Å². The highest BCUT2D eigenvalue weighted by Crippen LogP contribution is 2.17. The molecule has 108 valence electrons. The SMILES string of the molecule is NC(=O)COc1ccc(NC(=O)CC2CCNC2)cc1. The standard InChI is InChI=1S/C14H19N3O3/c15-13(18)9-20-12-3-1-11(2-4-12)17-14(19)7-10-5-6-16-8-10/h1-4,10,16H,5-9H2,(H2,15,18)(H,17,19). The van der Waals surface area contributed by atoms with E-state index in [1.165, 1.54) is 0 Å². The van der Waals surface area contributed by atoms with Gasteiger partial charge in [0.25, 0.3) is 5.91 Å². The molecule has 1 fully saturated rings. The number of primary amides is 1. The van der Waals surface area contributed by atoms with Crippen molar-refractivity contribution in [2.45, 2.75) is 12.8 Å². The lowest BCUT2D eigenvalue weighted by Gasteiger charge is -2.10. The van der Waals surface area contributed by atoms with Crippen LogP contribution in [0.5, 0.6) is 5.75 Å². The first-order chi connectivity index (χ1) is 9.63. The minimum absolute atomic E-state index is 0.0181. The molecule has 0 spiro atoms. The monoisotopic (exact) mass is 277 g/mol. The van der Waals surface area contributed by atoms with E-state index in [1.807, 2.05) is 0 Å². The van der Waals surface area contributed by atoms with Crippen LogP contribution in [0.15, 0.2) is 24.3 Å². The maximum Gasteiger partial charge on any atom is 0.255 e. The van der Waals surface area contributed by atoms with Gasteiger partial charge in [-0.3, -0.25) is 9.59 Å². The predicted molar refractivity (Wildman–Crippen MR) is 75.4 cm³/mol. The van der Waals surface area contributed by atoms with Gasteiger partial charge < -0.3 is 21.1 Å². The molecule has 0 radical (unpaired) electrons. The van der Waals surface area contributed by atoms with Gasteiger partial charge in [-0.05, 0) is 49.7 Å². The highest BCUT2D eigenvalue weighted by Gasteiger charge is 2.17. The summed E-state index contributed by atoms with van der Waals surface area (Å²) in [7, 11) is 0. The van der Waals surface area contributed by atoms with Crippen LogP contribution in [0, 0.1) is 5.92 Å². The molecule has 20 heavy (non-hydrogen) atoms. The third-order valence-electron chi connectivity index (χ3n) is 3.16. The molecule has 0 saturated carbocycles. The highest BCUT2D eigenvalue weighted by atomic mass is 16.5. The van der Waals surface area contributed by atoms with Crippen molar-refractivity contribution >= 4 is 17.5 Å². The Hall–Kier alpha value is -2.08. The lowest BCUT2D eigenvalue weighted by molar-refractivity contribution is -0.120. The topological polar surface area (TPSA) is 93.5 Å². The van der Waals surface area contributed by atoms with Gasteiger partial charge in [0.15, 0.2) is 6.61 Å². The number of nitrogens with one attached hydrogen (secondary N) is 2. The van der Waals surface area contributed by atoms with Gasteiger partial charge in [-0.25, -0.2) is 0 Å². The van der Waals surface area contributed by atoms with E-state index in [1.54, 1.807) is 24.3 Å². The number of nitrogens with two attached hydrogens (primary N) is 1. The second-order valence-electron chi connectivity index (χ2n) is 4.89. The van der Waals surface area contributed by atoms with Crippen LogP contribution in [0.2, 0.25) is 0 Å².